The van der Waals surface area contributed by atoms with Gasteiger partial charge in [-0.05, 0) is 42.2 Å². The van der Waals surface area contributed by atoms with Crippen molar-refractivity contribution < 1.29 is 9.59 Å². The number of aromatic nitrogens is 1. The van der Waals surface area contributed by atoms with Gasteiger partial charge in [0, 0.05) is 22.9 Å². The smallest absolute Gasteiger partial charge is 0.256 e. The lowest BCUT2D eigenvalue weighted by Crippen LogP contribution is -2.25. The summed E-state index contributed by atoms with van der Waals surface area (Å²) >= 11 is 7.42. The van der Waals surface area contributed by atoms with E-state index in [4.69, 9.17) is 11.6 Å². The fraction of sp³-hybridized carbons (Fsp3) is 0.208. The highest BCUT2D eigenvalue weighted by Crippen LogP contribution is 2.38. The molecule has 7 heteroatoms. The number of nitrogens with one attached hydrogen (secondary N) is 1. The molecule has 2 heterocycles. The Balaban J connectivity index is 1.76. The van der Waals surface area contributed by atoms with Crippen molar-refractivity contribution in [1.82, 2.24) is 4.98 Å². The Bertz CT molecular complexity index is 1190. The van der Waals surface area contributed by atoms with Gasteiger partial charge in [0.05, 0.1) is 22.6 Å². The van der Waals surface area contributed by atoms with E-state index in [1.807, 2.05) is 29.6 Å². The molecule has 5 nitrogen and oxygen atoms in total. The zero-order valence-corrected chi connectivity index (χ0v) is 19.1. The number of hydrogen-bond donors (Lipinski definition) is 1. The second kappa shape index (κ2) is 8.65. The fourth-order valence-corrected chi connectivity index (χ4v) is 4.80. The molecule has 0 fully saturated rings. The average molecular weight is 452 g/mol. The lowest BCUT2D eigenvalue weighted by molar-refractivity contribution is -0.116. The Morgan fingerprint density at radius 2 is 1.90 bits per heavy atom. The minimum absolute atomic E-state index is 0.0947. The van der Waals surface area contributed by atoms with Gasteiger partial charge in [0.15, 0.2) is 5.13 Å². The molecular weight excluding hydrogens is 430 g/mol. The maximum Gasteiger partial charge on any atom is 0.256 e. The predicted molar refractivity (Wildman–Crippen MR) is 128 cm³/mol. The molecule has 2 amide bonds. The largest absolute Gasteiger partial charge is 0.321 e. The molecule has 0 saturated heterocycles. The topological polar surface area (TPSA) is 62.3 Å². The molecule has 0 spiro atoms. The molecule has 0 radical (unpaired) electrons. The van der Waals surface area contributed by atoms with Crippen molar-refractivity contribution in [1.29, 1.82) is 0 Å². The highest BCUT2D eigenvalue weighted by Gasteiger charge is 2.26. The zero-order valence-electron chi connectivity index (χ0n) is 17.5. The molecule has 1 N–H and O–H groups in total. The molecular formula is C24H22ClN3O2S. The summed E-state index contributed by atoms with van der Waals surface area (Å²) in [5.74, 6) is -0.289. The molecule has 3 aromatic rings. The van der Waals surface area contributed by atoms with E-state index in [1.165, 1.54) is 11.3 Å². The number of benzene rings is 2. The van der Waals surface area contributed by atoms with Crippen LogP contribution >= 0.6 is 22.9 Å². The van der Waals surface area contributed by atoms with E-state index in [0.29, 0.717) is 27.1 Å². The average Bonchev–Trinajstić information content (AvgIpc) is 3.32. The quantitative estimate of drug-likeness (QED) is 0.477. The van der Waals surface area contributed by atoms with Gasteiger partial charge in [0.2, 0.25) is 5.91 Å². The van der Waals surface area contributed by atoms with Crippen molar-refractivity contribution in [3.8, 4) is 0 Å². The molecule has 0 unspecified atom stereocenters. The minimum atomic E-state index is -0.195. The molecule has 158 valence electrons. The maximum absolute atomic E-state index is 12.7. The van der Waals surface area contributed by atoms with Gasteiger partial charge in [-0.25, -0.2) is 4.98 Å². The highest BCUT2D eigenvalue weighted by atomic mass is 35.5. The maximum atomic E-state index is 12.7. The van der Waals surface area contributed by atoms with Crippen LogP contribution in [0.5, 0.6) is 0 Å². The van der Waals surface area contributed by atoms with Crippen LogP contribution in [0.4, 0.5) is 16.5 Å². The van der Waals surface area contributed by atoms with Gasteiger partial charge in [0.1, 0.15) is 0 Å². The van der Waals surface area contributed by atoms with Crippen molar-refractivity contribution in [2.45, 2.75) is 33.6 Å². The second-order valence-electron chi connectivity index (χ2n) is 7.24. The number of nitrogens with zero attached hydrogens (tertiary/aromatic N) is 2. The normalized spacial score (nSPS) is 13.9. The number of anilines is 3. The van der Waals surface area contributed by atoms with Crippen LogP contribution in [0.25, 0.3) is 11.6 Å². The summed E-state index contributed by atoms with van der Waals surface area (Å²) < 4.78 is 0. The number of halogens is 1. The van der Waals surface area contributed by atoms with E-state index in [-0.39, 0.29) is 11.8 Å². The number of hydrogen-bond acceptors (Lipinski definition) is 4. The lowest BCUT2D eigenvalue weighted by Gasteiger charge is -2.24. The number of amides is 2. The first-order chi connectivity index (χ1) is 14.9. The number of thiazole rings is 1. The Morgan fingerprint density at radius 3 is 2.55 bits per heavy atom. The Hall–Kier alpha value is -2.96. The molecule has 0 bridgehead atoms. The Morgan fingerprint density at radius 1 is 1.19 bits per heavy atom. The fourth-order valence-electron chi connectivity index (χ4n) is 3.79. The SMILES string of the molecule is CCc1cccc(CC)c1N(C(C)=O)c1nc(/C=C2/C(=O)Nc3cc(Cl)ccc32)cs1. The third-order valence-electron chi connectivity index (χ3n) is 5.26. The Kier molecular flexibility index (Phi) is 5.94. The standard InChI is InChI=1S/C24H22ClN3O2S/c1-4-15-7-6-8-16(5-2)22(15)28(14(3)29)24-26-18(13-31-24)12-20-19-10-9-17(25)11-21(19)27-23(20)30/h6-13H,4-5H2,1-3H3,(H,27,30)/b20-12+. The molecule has 2 aromatic carbocycles. The van der Waals surface area contributed by atoms with E-state index >= 15 is 0 Å². The van der Waals surface area contributed by atoms with Crippen molar-refractivity contribution >= 4 is 62.9 Å². The second-order valence-corrected chi connectivity index (χ2v) is 8.52. The molecule has 0 aliphatic carbocycles. The summed E-state index contributed by atoms with van der Waals surface area (Å²) in [6.45, 7) is 5.71. The molecule has 1 aliphatic rings. The number of carbonyl (C=O) groups is 2. The van der Waals surface area contributed by atoms with E-state index in [2.05, 4.69) is 24.1 Å². The third-order valence-corrected chi connectivity index (χ3v) is 6.34. The van der Waals surface area contributed by atoms with Crippen LogP contribution < -0.4 is 10.2 Å². The van der Waals surface area contributed by atoms with Crippen molar-refractivity contribution in [2.75, 3.05) is 10.2 Å². The summed E-state index contributed by atoms with van der Waals surface area (Å²) in [5, 5.41) is 5.84. The molecule has 4 rings (SSSR count). The zero-order chi connectivity index (χ0) is 22.1. The lowest BCUT2D eigenvalue weighted by atomic mass is 10.0. The summed E-state index contributed by atoms with van der Waals surface area (Å²) in [7, 11) is 0. The van der Waals surface area contributed by atoms with Crippen LogP contribution in [0.15, 0.2) is 41.8 Å². The van der Waals surface area contributed by atoms with E-state index in [0.717, 1.165) is 35.2 Å². The molecule has 1 aromatic heterocycles. The van der Waals surface area contributed by atoms with Gasteiger partial charge in [-0.1, -0.05) is 49.7 Å². The first-order valence-corrected chi connectivity index (χ1v) is 11.4. The first-order valence-electron chi connectivity index (χ1n) is 10.1. The van der Waals surface area contributed by atoms with Crippen LogP contribution in [-0.4, -0.2) is 16.8 Å². The van der Waals surface area contributed by atoms with Crippen LogP contribution in [0.3, 0.4) is 0 Å². The van der Waals surface area contributed by atoms with E-state index < -0.39 is 0 Å². The highest BCUT2D eigenvalue weighted by molar-refractivity contribution is 7.14. The predicted octanol–water partition coefficient (Wildman–Crippen LogP) is 6.10. The van der Waals surface area contributed by atoms with Gasteiger partial charge >= 0.3 is 0 Å². The number of carbonyl (C=O) groups excluding carboxylic acids is 2. The minimum Gasteiger partial charge on any atom is -0.321 e. The molecule has 1 aliphatic heterocycles. The molecule has 0 saturated carbocycles. The monoisotopic (exact) mass is 451 g/mol. The van der Waals surface area contributed by atoms with Crippen molar-refractivity contribution in [3.63, 3.8) is 0 Å². The molecule has 31 heavy (non-hydrogen) atoms. The van der Waals surface area contributed by atoms with Gasteiger partial charge in [-0.3, -0.25) is 14.5 Å². The van der Waals surface area contributed by atoms with Crippen LogP contribution in [0, 0.1) is 0 Å². The summed E-state index contributed by atoms with van der Waals surface area (Å²) in [6, 6.07) is 11.4. The van der Waals surface area contributed by atoms with Crippen LogP contribution in [-0.2, 0) is 22.4 Å². The van der Waals surface area contributed by atoms with Gasteiger partial charge in [-0.15, -0.1) is 11.3 Å². The first kappa shape index (κ1) is 21.3. The summed E-state index contributed by atoms with van der Waals surface area (Å²) in [4.78, 5) is 31.5. The van der Waals surface area contributed by atoms with Crippen LogP contribution in [0.2, 0.25) is 5.02 Å². The number of rotatable bonds is 5. The van der Waals surface area contributed by atoms with E-state index in [1.54, 1.807) is 30.0 Å². The third kappa shape index (κ3) is 4.01. The Labute approximate surface area is 190 Å². The number of para-hydroxylation sites is 1. The summed E-state index contributed by atoms with van der Waals surface area (Å²) in [5.41, 5.74) is 5.75. The molecule has 0 atom stereocenters. The van der Waals surface area contributed by atoms with E-state index in [9.17, 15) is 9.59 Å². The number of fused-ring (bicyclic) bond motifs is 1. The van der Waals surface area contributed by atoms with Crippen LogP contribution in [0.1, 0.15) is 43.2 Å². The van der Waals surface area contributed by atoms with Gasteiger partial charge in [0.25, 0.3) is 5.91 Å². The van der Waals surface area contributed by atoms with Crippen molar-refractivity contribution in [3.05, 3.63) is 69.2 Å². The van der Waals surface area contributed by atoms with Crippen molar-refractivity contribution in [2.24, 2.45) is 0 Å². The van der Waals surface area contributed by atoms with Gasteiger partial charge in [-0.2, -0.15) is 0 Å². The summed E-state index contributed by atoms with van der Waals surface area (Å²) in [6.07, 6.45) is 3.38. The number of aryl methyl sites for hydroxylation is 2. The van der Waals surface area contributed by atoms with Gasteiger partial charge < -0.3 is 5.32 Å².